The Labute approximate surface area is 203 Å². The van der Waals surface area contributed by atoms with E-state index >= 15 is 0 Å². The molecule has 1 aromatic rings. The van der Waals surface area contributed by atoms with Gasteiger partial charge in [-0.05, 0) is 76.3 Å². The first-order valence-electron chi connectivity index (χ1n) is 12.5. The minimum absolute atomic E-state index is 0.0261. The predicted molar refractivity (Wildman–Crippen MR) is 130 cm³/mol. The van der Waals surface area contributed by atoms with Crippen molar-refractivity contribution in [3.05, 3.63) is 35.4 Å². The van der Waals surface area contributed by atoms with Gasteiger partial charge in [0, 0.05) is 25.7 Å². The van der Waals surface area contributed by atoms with Gasteiger partial charge in [-0.3, -0.25) is 9.69 Å². The number of piperidine rings is 1. The molecule has 0 aromatic heterocycles. The lowest BCUT2D eigenvalue weighted by atomic mass is 9.86. The number of nitrogens with zero attached hydrogens (tertiary/aromatic N) is 2. The second kappa shape index (κ2) is 11.2. The highest BCUT2D eigenvalue weighted by Gasteiger charge is 2.42. The molecule has 4 atom stereocenters. The average molecular weight is 470 g/mol. The quantitative estimate of drug-likeness (QED) is 0.683. The Morgan fingerprint density at radius 3 is 2.38 bits per heavy atom. The molecule has 0 saturated carbocycles. The first-order valence-corrected chi connectivity index (χ1v) is 12.5. The summed E-state index contributed by atoms with van der Waals surface area (Å²) in [6.45, 7) is 11.0. The van der Waals surface area contributed by atoms with Crippen LogP contribution in [0.15, 0.2) is 24.3 Å². The Balaban J connectivity index is 1.67. The van der Waals surface area contributed by atoms with Gasteiger partial charge in [-0.25, -0.2) is 4.79 Å². The number of hydrogen-bond acceptors (Lipinski definition) is 5. The number of rotatable bonds is 5. The highest BCUT2D eigenvalue weighted by molar-refractivity contribution is 5.87. The van der Waals surface area contributed by atoms with Gasteiger partial charge in [-0.2, -0.15) is 5.26 Å². The SMILES string of the molecule is C[C@@H]1CC[C@H](C)N(C(=O)OC(C)(C)C)[C@@H]1C(=O)N[C@H](C#N)Cc1ccc(C2CCOCC2)cc1. The van der Waals surface area contributed by atoms with Crippen LogP contribution in [0.2, 0.25) is 0 Å². The fourth-order valence-electron chi connectivity index (χ4n) is 4.92. The second-order valence-corrected chi connectivity index (χ2v) is 10.8. The van der Waals surface area contributed by atoms with E-state index in [0.717, 1.165) is 44.5 Å². The molecule has 0 radical (unpaired) electrons. The molecular formula is C27H39N3O4. The number of nitrogens with one attached hydrogen (secondary N) is 1. The zero-order valence-electron chi connectivity index (χ0n) is 21.2. The molecule has 0 unspecified atom stereocenters. The van der Waals surface area contributed by atoms with Gasteiger partial charge >= 0.3 is 6.09 Å². The molecule has 2 fully saturated rings. The van der Waals surface area contributed by atoms with Gasteiger partial charge in [0.2, 0.25) is 5.91 Å². The van der Waals surface area contributed by atoms with E-state index < -0.39 is 23.8 Å². The minimum Gasteiger partial charge on any atom is -0.444 e. The number of ether oxygens (including phenoxy) is 2. The van der Waals surface area contributed by atoms with Crippen LogP contribution in [0.1, 0.15) is 77.3 Å². The molecule has 2 heterocycles. The summed E-state index contributed by atoms with van der Waals surface area (Å²) in [5.74, 6) is 0.194. The number of carbonyl (C=O) groups excluding carboxylic acids is 2. The van der Waals surface area contributed by atoms with Crippen LogP contribution in [-0.4, -0.2) is 53.8 Å². The van der Waals surface area contributed by atoms with Crippen LogP contribution in [0.4, 0.5) is 4.79 Å². The fourth-order valence-corrected chi connectivity index (χ4v) is 4.92. The van der Waals surface area contributed by atoms with Gasteiger partial charge in [0.25, 0.3) is 0 Å². The van der Waals surface area contributed by atoms with Gasteiger partial charge in [0.05, 0.1) is 6.07 Å². The standard InChI is InChI=1S/C27H39N3O4/c1-18-6-7-19(2)30(26(32)34-27(3,4)5)24(18)25(31)29-23(17-28)16-20-8-10-21(11-9-20)22-12-14-33-15-13-22/h8-11,18-19,22-24H,6-7,12-16H2,1-5H3,(H,29,31)/t18-,19+,23+,24+/m1/s1. The molecule has 0 spiro atoms. The topological polar surface area (TPSA) is 91.7 Å². The molecule has 186 valence electrons. The van der Waals surface area contributed by atoms with Crippen molar-refractivity contribution in [2.24, 2.45) is 5.92 Å². The summed E-state index contributed by atoms with van der Waals surface area (Å²) in [7, 11) is 0. The van der Waals surface area contributed by atoms with Crippen LogP contribution in [0, 0.1) is 17.2 Å². The maximum atomic E-state index is 13.3. The van der Waals surface area contributed by atoms with Crippen molar-refractivity contribution in [3.63, 3.8) is 0 Å². The third-order valence-electron chi connectivity index (χ3n) is 6.81. The van der Waals surface area contributed by atoms with Gasteiger partial charge in [0.1, 0.15) is 17.7 Å². The molecule has 2 saturated heterocycles. The number of nitriles is 1. The van der Waals surface area contributed by atoms with E-state index in [1.54, 1.807) is 4.90 Å². The van der Waals surface area contributed by atoms with E-state index in [0.29, 0.717) is 12.3 Å². The maximum absolute atomic E-state index is 13.3. The molecule has 2 aliphatic heterocycles. The van der Waals surface area contributed by atoms with E-state index in [4.69, 9.17) is 9.47 Å². The Morgan fingerprint density at radius 1 is 1.15 bits per heavy atom. The van der Waals surface area contributed by atoms with Crippen molar-refractivity contribution >= 4 is 12.0 Å². The Kier molecular flexibility index (Phi) is 8.59. The number of hydrogen-bond donors (Lipinski definition) is 1. The van der Waals surface area contributed by atoms with Crippen molar-refractivity contribution in [1.29, 1.82) is 5.26 Å². The summed E-state index contributed by atoms with van der Waals surface area (Å²) in [5, 5.41) is 12.7. The molecule has 0 bridgehead atoms. The zero-order valence-corrected chi connectivity index (χ0v) is 21.2. The Hall–Kier alpha value is -2.59. The molecule has 7 heteroatoms. The Bertz CT molecular complexity index is 881. The highest BCUT2D eigenvalue weighted by Crippen LogP contribution is 2.30. The number of benzene rings is 1. The molecule has 1 N–H and O–H groups in total. The zero-order chi connectivity index (χ0) is 24.9. The molecule has 3 rings (SSSR count). The Morgan fingerprint density at radius 2 is 1.79 bits per heavy atom. The molecular weight excluding hydrogens is 430 g/mol. The van der Waals surface area contributed by atoms with Crippen molar-refractivity contribution in [2.75, 3.05) is 13.2 Å². The number of amides is 2. The third-order valence-corrected chi connectivity index (χ3v) is 6.81. The van der Waals surface area contributed by atoms with Gasteiger partial charge in [0.15, 0.2) is 0 Å². The predicted octanol–water partition coefficient (Wildman–Crippen LogP) is 4.56. The first-order chi connectivity index (χ1) is 16.1. The molecule has 0 aliphatic carbocycles. The summed E-state index contributed by atoms with van der Waals surface area (Å²) < 4.78 is 11.0. The maximum Gasteiger partial charge on any atom is 0.411 e. The van der Waals surface area contributed by atoms with E-state index in [2.05, 4.69) is 23.5 Å². The summed E-state index contributed by atoms with van der Waals surface area (Å²) >= 11 is 0. The van der Waals surface area contributed by atoms with Crippen LogP contribution < -0.4 is 5.32 Å². The first kappa shape index (κ1) is 26.0. The molecule has 2 aliphatic rings. The normalized spacial score (nSPS) is 24.7. The van der Waals surface area contributed by atoms with E-state index in [1.165, 1.54) is 5.56 Å². The van der Waals surface area contributed by atoms with Crippen LogP contribution in [0.3, 0.4) is 0 Å². The number of carbonyl (C=O) groups is 2. The van der Waals surface area contributed by atoms with Crippen LogP contribution >= 0.6 is 0 Å². The van der Waals surface area contributed by atoms with Gasteiger partial charge in [-0.1, -0.05) is 31.2 Å². The smallest absolute Gasteiger partial charge is 0.411 e. The van der Waals surface area contributed by atoms with Crippen LogP contribution in [0.25, 0.3) is 0 Å². The van der Waals surface area contributed by atoms with Crippen molar-refractivity contribution in [1.82, 2.24) is 10.2 Å². The lowest BCUT2D eigenvalue weighted by molar-refractivity contribution is -0.131. The molecule has 2 amide bonds. The minimum atomic E-state index is -0.675. The van der Waals surface area contributed by atoms with E-state index in [-0.39, 0.29) is 17.9 Å². The van der Waals surface area contributed by atoms with Crippen LogP contribution in [0.5, 0.6) is 0 Å². The van der Waals surface area contributed by atoms with Crippen LogP contribution in [-0.2, 0) is 20.7 Å². The van der Waals surface area contributed by atoms with Crippen molar-refractivity contribution < 1.29 is 19.1 Å². The number of likely N-dealkylation sites (tertiary alicyclic amines) is 1. The lowest BCUT2D eigenvalue weighted by Crippen LogP contribution is -2.60. The summed E-state index contributed by atoms with van der Waals surface area (Å²) in [6.07, 6.45) is 3.64. The second-order valence-electron chi connectivity index (χ2n) is 10.8. The van der Waals surface area contributed by atoms with Gasteiger partial charge in [-0.15, -0.1) is 0 Å². The summed E-state index contributed by atoms with van der Waals surface area (Å²) in [6, 6.07) is 9.10. The monoisotopic (exact) mass is 469 g/mol. The molecule has 1 aromatic carbocycles. The van der Waals surface area contributed by atoms with E-state index in [9.17, 15) is 14.9 Å². The summed E-state index contributed by atoms with van der Waals surface area (Å²) in [4.78, 5) is 27.8. The third kappa shape index (κ3) is 6.73. The van der Waals surface area contributed by atoms with Crippen molar-refractivity contribution in [2.45, 2.75) is 96.4 Å². The summed E-state index contributed by atoms with van der Waals surface area (Å²) in [5.41, 5.74) is 1.64. The lowest BCUT2D eigenvalue weighted by Gasteiger charge is -2.43. The average Bonchev–Trinajstić information content (AvgIpc) is 2.79. The molecule has 34 heavy (non-hydrogen) atoms. The molecule has 7 nitrogen and oxygen atoms in total. The highest BCUT2D eigenvalue weighted by atomic mass is 16.6. The largest absolute Gasteiger partial charge is 0.444 e. The van der Waals surface area contributed by atoms with Crippen molar-refractivity contribution in [3.8, 4) is 6.07 Å². The van der Waals surface area contributed by atoms with E-state index in [1.807, 2.05) is 46.8 Å². The van der Waals surface area contributed by atoms with Gasteiger partial charge < -0.3 is 14.8 Å². The fraction of sp³-hybridized carbons (Fsp3) is 0.667.